The normalized spacial score (nSPS) is 9.40. The molecule has 0 amide bonds. The molecule has 0 bridgehead atoms. The van der Waals surface area contributed by atoms with E-state index in [-0.39, 0.29) is 6.61 Å². The molecular formula is C11H12ClNO2. The van der Waals surface area contributed by atoms with Crippen molar-refractivity contribution < 1.29 is 9.47 Å². The fraction of sp³-hybridized carbons (Fsp3) is 0.364. The van der Waals surface area contributed by atoms with Crippen LogP contribution < -0.4 is 9.47 Å². The molecule has 0 atom stereocenters. The summed E-state index contributed by atoms with van der Waals surface area (Å²) in [6.07, 6.45) is 0. The Morgan fingerprint density at radius 1 is 1.40 bits per heavy atom. The molecule has 1 aromatic rings. The lowest BCUT2D eigenvalue weighted by Gasteiger charge is -2.12. The van der Waals surface area contributed by atoms with Crippen molar-refractivity contribution in [3.8, 4) is 17.6 Å². The van der Waals surface area contributed by atoms with E-state index in [1.807, 2.05) is 25.1 Å². The van der Waals surface area contributed by atoms with Gasteiger partial charge >= 0.3 is 0 Å². The Kier molecular flexibility index (Phi) is 4.79. The molecular weight excluding hydrogens is 214 g/mol. The van der Waals surface area contributed by atoms with Gasteiger partial charge < -0.3 is 9.47 Å². The average Bonchev–Trinajstić information content (AvgIpc) is 2.27. The van der Waals surface area contributed by atoms with E-state index >= 15 is 0 Å². The minimum absolute atomic E-state index is 0.00598. The molecule has 0 fully saturated rings. The van der Waals surface area contributed by atoms with Gasteiger partial charge in [0.15, 0.2) is 18.1 Å². The molecule has 0 radical (unpaired) electrons. The molecule has 4 heteroatoms. The summed E-state index contributed by atoms with van der Waals surface area (Å²) in [4.78, 5) is 0. The van der Waals surface area contributed by atoms with Crippen LogP contribution >= 0.6 is 11.6 Å². The van der Waals surface area contributed by atoms with Crippen LogP contribution in [-0.4, -0.2) is 13.2 Å². The molecule has 0 spiro atoms. The SMILES string of the molecule is CCOc1cccc(CCl)c1OCC#N. The summed E-state index contributed by atoms with van der Waals surface area (Å²) in [7, 11) is 0. The predicted molar refractivity (Wildman–Crippen MR) is 58.3 cm³/mol. The molecule has 0 saturated heterocycles. The van der Waals surface area contributed by atoms with E-state index in [9.17, 15) is 0 Å². The first-order valence-corrected chi connectivity index (χ1v) is 5.17. The van der Waals surface area contributed by atoms with Crippen LogP contribution in [0.15, 0.2) is 18.2 Å². The number of ether oxygens (including phenoxy) is 2. The van der Waals surface area contributed by atoms with E-state index in [1.165, 1.54) is 0 Å². The summed E-state index contributed by atoms with van der Waals surface area (Å²) >= 11 is 5.76. The Balaban J connectivity index is 2.98. The first-order chi connectivity index (χ1) is 7.33. The highest BCUT2D eigenvalue weighted by Gasteiger charge is 2.09. The van der Waals surface area contributed by atoms with Gasteiger partial charge in [-0.15, -0.1) is 11.6 Å². The molecule has 80 valence electrons. The van der Waals surface area contributed by atoms with Crippen LogP contribution in [-0.2, 0) is 5.88 Å². The van der Waals surface area contributed by atoms with Gasteiger partial charge in [0.25, 0.3) is 0 Å². The number of para-hydroxylation sites is 1. The molecule has 0 aliphatic carbocycles. The molecule has 15 heavy (non-hydrogen) atoms. The summed E-state index contributed by atoms with van der Waals surface area (Å²) in [6.45, 7) is 2.43. The second kappa shape index (κ2) is 6.15. The topological polar surface area (TPSA) is 42.2 Å². The van der Waals surface area contributed by atoms with Crippen LogP contribution in [0.5, 0.6) is 11.5 Å². The number of alkyl halides is 1. The van der Waals surface area contributed by atoms with Gasteiger partial charge in [0, 0.05) is 5.56 Å². The molecule has 0 aliphatic rings. The summed E-state index contributed by atoms with van der Waals surface area (Å²) < 4.78 is 10.7. The third-order valence-electron chi connectivity index (χ3n) is 1.79. The molecule has 1 aromatic carbocycles. The molecule has 3 nitrogen and oxygen atoms in total. The summed E-state index contributed by atoms with van der Waals surface area (Å²) in [5.41, 5.74) is 0.831. The smallest absolute Gasteiger partial charge is 0.174 e. The number of nitriles is 1. The molecule has 0 aliphatic heterocycles. The van der Waals surface area contributed by atoms with Crippen LogP contribution in [0.4, 0.5) is 0 Å². The van der Waals surface area contributed by atoms with Crippen LogP contribution in [0.2, 0.25) is 0 Å². The first kappa shape index (κ1) is 11.7. The Hall–Kier alpha value is -1.40. The van der Waals surface area contributed by atoms with Crippen molar-refractivity contribution in [2.24, 2.45) is 0 Å². The van der Waals surface area contributed by atoms with Crippen molar-refractivity contribution in [2.45, 2.75) is 12.8 Å². The number of hydrogen-bond acceptors (Lipinski definition) is 3. The standard InChI is InChI=1S/C11H12ClNO2/c1-2-14-10-5-3-4-9(8-12)11(10)15-7-6-13/h3-5H,2,7-8H2,1H3. The monoisotopic (exact) mass is 225 g/mol. The number of benzene rings is 1. The van der Waals surface area contributed by atoms with Gasteiger partial charge in [-0.25, -0.2) is 0 Å². The lowest BCUT2D eigenvalue weighted by molar-refractivity contribution is 0.297. The minimum atomic E-state index is -0.00598. The summed E-state index contributed by atoms with van der Waals surface area (Å²) in [6, 6.07) is 7.41. The van der Waals surface area contributed by atoms with E-state index in [1.54, 1.807) is 6.07 Å². The van der Waals surface area contributed by atoms with E-state index in [0.717, 1.165) is 5.56 Å². The Bertz CT molecular complexity index is 360. The van der Waals surface area contributed by atoms with Crippen molar-refractivity contribution in [1.82, 2.24) is 0 Å². The van der Waals surface area contributed by atoms with Gasteiger partial charge in [-0.05, 0) is 13.0 Å². The van der Waals surface area contributed by atoms with Crippen molar-refractivity contribution in [3.63, 3.8) is 0 Å². The third-order valence-corrected chi connectivity index (χ3v) is 2.07. The Labute approximate surface area is 94.2 Å². The van der Waals surface area contributed by atoms with Gasteiger partial charge in [-0.2, -0.15) is 5.26 Å². The van der Waals surface area contributed by atoms with Crippen molar-refractivity contribution in [3.05, 3.63) is 23.8 Å². The van der Waals surface area contributed by atoms with Crippen LogP contribution in [0.3, 0.4) is 0 Å². The molecule has 0 aromatic heterocycles. The maximum absolute atomic E-state index is 8.46. The lowest BCUT2D eigenvalue weighted by atomic mass is 10.2. The Morgan fingerprint density at radius 3 is 2.80 bits per heavy atom. The number of rotatable bonds is 5. The zero-order valence-electron chi connectivity index (χ0n) is 8.50. The van der Waals surface area contributed by atoms with E-state index < -0.39 is 0 Å². The number of halogens is 1. The zero-order chi connectivity index (χ0) is 11.1. The number of hydrogen-bond donors (Lipinski definition) is 0. The molecule has 0 saturated carbocycles. The molecule has 0 unspecified atom stereocenters. The van der Waals surface area contributed by atoms with Crippen LogP contribution in [0.25, 0.3) is 0 Å². The lowest BCUT2D eigenvalue weighted by Crippen LogP contribution is -2.01. The van der Waals surface area contributed by atoms with Gasteiger partial charge in [0.2, 0.25) is 0 Å². The van der Waals surface area contributed by atoms with Crippen molar-refractivity contribution in [1.29, 1.82) is 5.26 Å². The molecule has 0 N–H and O–H groups in total. The maximum Gasteiger partial charge on any atom is 0.174 e. The highest BCUT2D eigenvalue weighted by atomic mass is 35.5. The van der Waals surface area contributed by atoms with Crippen molar-refractivity contribution >= 4 is 11.6 Å². The number of nitrogens with zero attached hydrogens (tertiary/aromatic N) is 1. The van der Waals surface area contributed by atoms with Crippen molar-refractivity contribution in [2.75, 3.05) is 13.2 Å². The third kappa shape index (κ3) is 3.03. The van der Waals surface area contributed by atoms with Crippen LogP contribution in [0.1, 0.15) is 12.5 Å². The van der Waals surface area contributed by atoms with E-state index in [2.05, 4.69) is 0 Å². The quantitative estimate of drug-likeness (QED) is 0.724. The summed E-state index contributed by atoms with van der Waals surface area (Å²) in [5, 5.41) is 8.46. The van der Waals surface area contributed by atoms with Gasteiger partial charge in [0.05, 0.1) is 12.5 Å². The highest BCUT2D eigenvalue weighted by molar-refractivity contribution is 6.17. The largest absolute Gasteiger partial charge is 0.490 e. The highest BCUT2D eigenvalue weighted by Crippen LogP contribution is 2.32. The van der Waals surface area contributed by atoms with E-state index in [0.29, 0.717) is 24.0 Å². The molecule has 0 heterocycles. The van der Waals surface area contributed by atoms with Gasteiger partial charge in [-0.3, -0.25) is 0 Å². The average molecular weight is 226 g/mol. The van der Waals surface area contributed by atoms with E-state index in [4.69, 9.17) is 26.3 Å². The maximum atomic E-state index is 8.46. The van der Waals surface area contributed by atoms with Gasteiger partial charge in [0.1, 0.15) is 6.07 Å². The fourth-order valence-corrected chi connectivity index (χ4v) is 1.41. The predicted octanol–water partition coefficient (Wildman–Crippen LogP) is 2.73. The Morgan fingerprint density at radius 2 is 2.20 bits per heavy atom. The summed E-state index contributed by atoms with van der Waals surface area (Å²) in [5.74, 6) is 1.53. The first-order valence-electron chi connectivity index (χ1n) is 4.63. The zero-order valence-corrected chi connectivity index (χ0v) is 9.25. The van der Waals surface area contributed by atoms with Crippen LogP contribution in [0, 0.1) is 11.3 Å². The molecule has 1 rings (SSSR count). The second-order valence-corrected chi connectivity index (χ2v) is 3.03. The van der Waals surface area contributed by atoms with Gasteiger partial charge in [-0.1, -0.05) is 12.1 Å². The second-order valence-electron chi connectivity index (χ2n) is 2.76. The fourth-order valence-electron chi connectivity index (χ4n) is 1.20. The minimum Gasteiger partial charge on any atom is -0.490 e.